The molecular formula is C26H28ClN3O5S. The Morgan fingerprint density at radius 3 is 1.86 bits per heavy atom. The normalized spacial score (nSPS) is 11.6. The van der Waals surface area contributed by atoms with Crippen LogP contribution < -0.4 is 20.1 Å². The first kappa shape index (κ1) is 27.2. The van der Waals surface area contributed by atoms with Gasteiger partial charge >= 0.3 is 0 Å². The number of amides is 2. The third-order valence-corrected chi connectivity index (χ3v) is 6.99. The molecule has 0 aliphatic carbocycles. The SMILES string of the molecule is CCOc1ccc(NC(=O)c2ccc(NC(=O)c3ccc(Cl)c(S(=O)(=O)NC(C)(C)C)c3)cc2)cc1. The van der Waals surface area contributed by atoms with Crippen molar-refractivity contribution < 1.29 is 22.7 Å². The van der Waals surface area contributed by atoms with Crippen LogP contribution in [0, 0.1) is 0 Å². The molecule has 0 atom stereocenters. The average Bonchev–Trinajstić information content (AvgIpc) is 2.79. The number of ether oxygens (including phenoxy) is 1. The summed E-state index contributed by atoms with van der Waals surface area (Å²) in [6, 6.07) is 17.4. The zero-order chi connectivity index (χ0) is 26.5. The van der Waals surface area contributed by atoms with E-state index in [1.807, 2.05) is 6.92 Å². The second kappa shape index (κ2) is 11.1. The maximum absolute atomic E-state index is 12.8. The molecule has 0 saturated heterocycles. The third kappa shape index (κ3) is 7.30. The average molecular weight is 530 g/mol. The minimum atomic E-state index is -3.94. The molecule has 2 amide bonds. The van der Waals surface area contributed by atoms with Crippen molar-refractivity contribution in [3.63, 3.8) is 0 Å². The van der Waals surface area contributed by atoms with Crippen molar-refractivity contribution in [2.45, 2.75) is 38.1 Å². The quantitative estimate of drug-likeness (QED) is 0.365. The van der Waals surface area contributed by atoms with Gasteiger partial charge in [0.1, 0.15) is 10.6 Å². The molecule has 3 aromatic rings. The molecule has 0 aliphatic heterocycles. The summed E-state index contributed by atoms with van der Waals surface area (Å²) in [5, 5.41) is 5.50. The molecule has 0 saturated carbocycles. The molecular weight excluding hydrogens is 502 g/mol. The zero-order valence-corrected chi connectivity index (χ0v) is 22.0. The Morgan fingerprint density at radius 2 is 1.33 bits per heavy atom. The second-order valence-electron chi connectivity index (χ2n) is 8.94. The summed E-state index contributed by atoms with van der Waals surface area (Å²) in [7, 11) is -3.94. The topological polar surface area (TPSA) is 114 Å². The van der Waals surface area contributed by atoms with Gasteiger partial charge in [0.15, 0.2) is 0 Å². The van der Waals surface area contributed by atoms with Gasteiger partial charge in [-0.3, -0.25) is 9.59 Å². The highest BCUT2D eigenvalue weighted by Gasteiger charge is 2.25. The zero-order valence-electron chi connectivity index (χ0n) is 20.4. The lowest BCUT2D eigenvalue weighted by molar-refractivity contribution is 0.101. The van der Waals surface area contributed by atoms with E-state index < -0.39 is 21.5 Å². The summed E-state index contributed by atoms with van der Waals surface area (Å²) < 4.78 is 33.3. The number of rotatable bonds is 8. The fourth-order valence-corrected chi connectivity index (χ4v) is 5.17. The molecule has 3 N–H and O–H groups in total. The minimum Gasteiger partial charge on any atom is -0.494 e. The standard InChI is InChI=1S/C26H28ClN3O5S/c1-5-35-21-13-11-20(12-14-21)28-24(31)17-6-9-19(10-7-17)29-25(32)18-8-15-22(27)23(16-18)36(33,34)30-26(2,3)4/h6-16,30H,5H2,1-4H3,(H,28,31)(H,29,32). The van der Waals surface area contributed by atoms with Crippen LogP contribution in [-0.4, -0.2) is 32.4 Å². The maximum Gasteiger partial charge on any atom is 0.255 e. The second-order valence-corrected chi connectivity index (χ2v) is 11.0. The number of hydrogen-bond donors (Lipinski definition) is 3. The van der Waals surface area contributed by atoms with Crippen LogP contribution >= 0.6 is 11.6 Å². The molecule has 0 unspecified atom stereocenters. The van der Waals surface area contributed by atoms with Crippen LogP contribution in [0.25, 0.3) is 0 Å². The predicted octanol–water partition coefficient (Wildman–Crippen LogP) is 5.32. The first-order chi connectivity index (χ1) is 16.9. The van der Waals surface area contributed by atoms with Crippen molar-refractivity contribution in [3.05, 3.63) is 82.9 Å². The van der Waals surface area contributed by atoms with E-state index in [1.54, 1.807) is 69.3 Å². The van der Waals surface area contributed by atoms with Crippen molar-refractivity contribution in [1.29, 1.82) is 0 Å². The van der Waals surface area contributed by atoms with Crippen LogP contribution in [0.15, 0.2) is 71.6 Å². The van der Waals surface area contributed by atoms with Gasteiger partial charge in [-0.15, -0.1) is 0 Å². The minimum absolute atomic E-state index is 0.00574. The van der Waals surface area contributed by atoms with E-state index in [-0.39, 0.29) is 21.4 Å². The highest BCUT2D eigenvalue weighted by molar-refractivity contribution is 7.89. The van der Waals surface area contributed by atoms with Gasteiger partial charge < -0.3 is 15.4 Å². The van der Waals surface area contributed by atoms with E-state index in [2.05, 4.69) is 15.4 Å². The first-order valence-corrected chi connectivity index (χ1v) is 13.0. The lowest BCUT2D eigenvalue weighted by atomic mass is 10.1. The molecule has 3 rings (SSSR count). The first-order valence-electron chi connectivity index (χ1n) is 11.2. The fourth-order valence-electron chi connectivity index (χ4n) is 3.22. The largest absolute Gasteiger partial charge is 0.494 e. The molecule has 0 heterocycles. The summed E-state index contributed by atoms with van der Waals surface area (Å²) >= 11 is 6.11. The third-order valence-electron chi connectivity index (χ3n) is 4.75. The van der Waals surface area contributed by atoms with Gasteiger partial charge in [-0.25, -0.2) is 13.1 Å². The Hall–Kier alpha value is -3.40. The van der Waals surface area contributed by atoms with Crippen LogP contribution in [0.5, 0.6) is 5.75 Å². The van der Waals surface area contributed by atoms with Gasteiger partial charge in [0.05, 0.1) is 11.6 Å². The molecule has 3 aromatic carbocycles. The van der Waals surface area contributed by atoms with E-state index in [1.165, 1.54) is 18.2 Å². The lowest BCUT2D eigenvalue weighted by Gasteiger charge is -2.21. The Balaban J connectivity index is 1.69. The molecule has 8 nitrogen and oxygen atoms in total. The smallest absolute Gasteiger partial charge is 0.255 e. The van der Waals surface area contributed by atoms with Crippen molar-refractivity contribution >= 4 is 44.8 Å². The van der Waals surface area contributed by atoms with Crippen molar-refractivity contribution in [3.8, 4) is 5.75 Å². The summed E-state index contributed by atoms with van der Waals surface area (Å²) in [5.41, 5.74) is 0.850. The van der Waals surface area contributed by atoms with Gasteiger partial charge in [0.2, 0.25) is 10.0 Å². The number of carbonyl (C=O) groups excluding carboxylic acids is 2. The molecule has 0 aromatic heterocycles. The number of hydrogen-bond acceptors (Lipinski definition) is 5. The number of carbonyl (C=O) groups is 2. The summed E-state index contributed by atoms with van der Waals surface area (Å²) in [4.78, 5) is 25.1. The van der Waals surface area contributed by atoms with E-state index in [9.17, 15) is 18.0 Å². The molecule has 10 heteroatoms. The van der Waals surface area contributed by atoms with E-state index in [0.29, 0.717) is 29.3 Å². The Bertz CT molecular complexity index is 1350. The Labute approximate surface area is 216 Å². The Kier molecular flexibility index (Phi) is 8.39. The van der Waals surface area contributed by atoms with Crippen molar-refractivity contribution in [2.24, 2.45) is 0 Å². The van der Waals surface area contributed by atoms with Gasteiger partial charge in [-0.05, 0) is 94.4 Å². The number of nitrogens with one attached hydrogen (secondary N) is 3. The van der Waals surface area contributed by atoms with Crippen LogP contribution in [-0.2, 0) is 10.0 Å². The number of sulfonamides is 1. The fraction of sp³-hybridized carbons (Fsp3) is 0.231. The number of benzene rings is 3. The van der Waals surface area contributed by atoms with Gasteiger partial charge in [-0.1, -0.05) is 11.6 Å². The summed E-state index contributed by atoms with van der Waals surface area (Å²) in [6.45, 7) is 7.57. The molecule has 0 bridgehead atoms. The summed E-state index contributed by atoms with van der Waals surface area (Å²) in [6.07, 6.45) is 0. The van der Waals surface area contributed by atoms with Crippen molar-refractivity contribution in [2.75, 3.05) is 17.2 Å². The van der Waals surface area contributed by atoms with E-state index in [4.69, 9.17) is 16.3 Å². The summed E-state index contributed by atoms with van der Waals surface area (Å²) in [5.74, 6) is -0.118. The predicted molar refractivity (Wildman–Crippen MR) is 141 cm³/mol. The van der Waals surface area contributed by atoms with Gasteiger partial charge in [0, 0.05) is 28.0 Å². The van der Waals surface area contributed by atoms with Crippen LogP contribution in [0.1, 0.15) is 48.4 Å². The Morgan fingerprint density at radius 1 is 0.833 bits per heavy atom. The maximum atomic E-state index is 12.8. The van der Waals surface area contributed by atoms with Gasteiger partial charge in [-0.2, -0.15) is 0 Å². The lowest BCUT2D eigenvalue weighted by Crippen LogP contribution is -2.40. The van der Waals surface area contributed by atoms with Gasteiger partial charge in [0.25, 0.3) is 11.8 Å². The van der Waals surface area contributed by atoms with Crippen LogP contribution in [0.4, 0.5) is 11.4 Å². The van der Waals surface area contributed by atoms with Crippen LogP contribution in [0.3, 0.4) is 0 Å². The molecule has 0 spiro atoms. The molecule has 0 fully saturated rings. The molecule has 36 heavy (non-hydrogen) atoms. The highest BCUT2D eigenvalue weighted by atomic mass is 35.5. The molecule has 0 aliphatic rings. The molecule has 0 radical (unpaired) electrons. The van der Waals surface area contributed by atoms with Crippen molar-refractivity contribution in [1.82, 2.24) is 4.72 Å². The van der Waals surface area contributed by atoms with E-state index >= 15 is 0 Å². The van der Waals surface area contributed by atoms with E-state index in [0.717, 1.165) is 0 Å². The monoisotopic (exact) mass is 529 g/mol. The van der Waals surface area contributed by atoms with Crippen LogP contribution in [0.2, 0.25) is 5.02 Å². The number of halogens is 1. The highest BCUT2D eigenvalue weighted by Crippen LogP contribution is 2.25. The number of anilines is 2. The molecule has 190 valence electrons.